The average Bonchev–Trinajstić information content (AvgIpc) is 3.04. The van der Waals surface area contributed by atoms with Crippen molar-refractivity contribution in [2.75, 3.05) is 10.8 Å². The number of aliphatic hydroxyl groups is 1. The summed E-state index contributed by atoms with van der Waals surface area (Å²) in [4.78, 5) is 2.10. The molecule has 8 heteroatoms. The van der Waals surface area contributed by atoms with Gasteiger partial charge in [0.15, 0.2) is 0 Å². The molecule has 2 unspecified atom stereocenters. The van der Waals surface area contributed by atoms with Gasteiger partial charge in [0.1, 0.15) is 16.5 Å². The van der Waals surface area contributed by atoms with Crippen molar-refractivity contribution in [2.24, 2.45) is 0 Å². The molecule has 1 aromatic rings. The molecule has 170 valence electrons. The monoisotopic (exact) mass is 468 g/mol. The van der Waals surface area contributed by atoms with Crippen LogP contribution in [0.3, 0.4) is 0 Å². The molecule has 0 bridgehead atoms. The van der Waals surface area contributed by atoms with Gasteiger partial charge in [-0.2, -0.15) is 0 Å². The normalized spacial score (nSPS) is 21.7. The Kier molecular flexibility index (Phi) is 8.36. The van der Waals surface area contributed by atoms with Crippen molar-refractivity contribution in [3.63, 3.8) is 0 Å². The third kappa shape index (κ3) is 5.35. The van der Waals surface area contributed by atoms with Crippen molar-refractivity contribution < 1.29 is 10.1 Å². The van der Waals surface area contributed by atoms with E-state index in [1.165, 1.54) is 0 Å². The fourth-order valence-electron chi connectivity index (χ4n) is 5.58. The number of aliphatic hydroxyl groups excluding tert-OH is 1. The third-order valence-electron chi connectivity index (χ3n) is 6.37. The first-order chi connectivity index (χ1) is 13.8. The van der Waals surface area contributed by atoms with Gasteiger partial charge in [-0.05, 0) is 50.3 Å². The second-order valence-corrected chi connectivity index (χ2v) is 21.4. The zero-order chi connectivity index (χ0) is 22.9. The molecule has 2 atom stereocenters. The molecule has 0 spiro atoms. The molecular weight excluding hydrogens is 427 g/mol. The molecule has 30 heavy (non-hydrogen) atoms. The first kappa shape index (κ1) is 25.9. The lowest BCUT2D eigenvalue weighted by molar-refractivity contribution is 0.0135. The van der Waals surface area contributed by atoms with Crippen LogP contribution < -0.4 is 4.23 Å². The zero-order valence-corrected chi connectivity index (χ0v) is 23.1. The van der Waals surface area contributed by atoms with Crippen LogP contribution in [0.4, 0.5) is 5.69 Å². The summed E-state index contributed by atoms with van der Waals surface area (Å²) in [7, 11) is -3.80. The maximum atomic E-state index is 11.6. The van der Waals surface area contributed by atoms with Crippen molar-refractivity contribution in [2.45, 2.75) is 96.8 Å². The number of hydrogen-bond acceptors (Lipinski definition) is 4. The van der Waals surface area contributed by atoms with E-state index in [1.807, 2.05) is 12.9 Å². The lowest BCUT2D eigenvalue weighted by Gasteiger charge is -2.47. The van der Waals surface area contributed by atoms with E-state index in [-0.39, 0.29) is 0 Å². The Balaban J connectivity index is 2.47. The van der Waals surface area contributed by atoms with Gasteiger partial charge in [0.2, 0.25) is 0 Å². The van der Waals surface area contributed by atoms with Crippen LogP contribution in [-0.4, -0.2) is 50.5 Å². The molecule has 2 N–H and O–H groups in total. The maximum absolute atomic E-state index is 11.6. The Labute approximate surface area is 191 Å². The van der Waals surface area contributed by atoms with E-state index < -0.39 is 35.2 Å². The lowest BCUT2D eigenvalue weighted by atomic mass is 9.73. The maximum Gasteiger partial charge on any atom is 0.376 e. The highest BCUT2D eigenvalue weighted by Crippen LogP contribution is 2.45. The van der Waals surface area contributed by atoms with Crippen LogP contribution in [0.5, 0.6) is 0 Å². The van der Waals surface area contributed by atoms with Gasteiger partial charge < -0.3 is 19.2 Å². The molecule has 1 aliphatic heterocycles. The number of unbranched alkanes of at least 4 members (excludes halogenated alkanes) is 1. The van der Waals surface area contributed by atoms with Gasteiger partial charge in [0.05, 0.1) is 11.1 Å². The predicted octanol–water partition coefficient (Wildman–Crippen LogP) is 5.98. The largest absolute Gasteiger partial charge is 0.437 e. The standard InChI is InChI=1S/C22H42BClN2O2Si2/c1-9-10-14-22(15-11-16-25(22)23(2)28)21(27)18-12-13-20(19(24)17-18)26(29(3,4)5)30(6,7)8/h12-13,17,21,27-28H,9-11,14-16H2,1-8H3. The van der Waals surface area contributed by atoms with Crippen molar-refractivity contribution in [3.8, 4) is 0 Å². The molecule has 0 saturated carbocycles. The minimum absolute atomic E-state index is 0.424. The summed E-state index contributed by atoms with van der Waals surface area (Å²) in [6.07, 6.45) is 4.21. The summed E-state index contributed by atoms with van der Waals surface area (Å²) in [5.74, 6) is 0. The van der Waals surface area contributed by atoms with Crippen LogP contribution in [0.15, 0.2) is 18.2 Å². The molecule has 0 amide bonds. The van der Waals surface area contributed by atoms with Gasteiger partial charge in [-0.3, -0.25) is 0 Å². The first-order valence-corrected chi connectivity index (χ1v) is 18.8. The van der Waals surface area contributed by atoms with Crippen LogP contribution in [-0.2, 0) is 0 Å². The summed E-state index contributed by atoms with van der Waals surface area (Å²) in [5, 5.41) is 22.7. The topological polar surface area (TPSA) is 46.9 Å². The molecule has 1 aliphatic rings. The van der Waals surface area contributed by atoms with E-state index in [0.29, 0.717) is 0 Å². The molecule has 1 fully saturated rings. The first-order valence-electron chi connectivity index (χ1n) is 11.5. The number of anilines is 1. The van der Waals surface area contributed by atoms with Crippen LogP contribution in [0.1, 0.15) is 50.7 Å². The van der Waals surface area contributed by atoms with Gasteiger partial charge in [0, 0.05) is 11.2 Å². The Bertz CT molecular complexity index is 710. The summed E-state index contributed by atoms with van der Waals surface area (Å²) < 4.78 is 2.61. The SMILES string of the molecule is CCCCC1(C(O)c2ccc(N([Si](C)(C)C)[Si](C)(C)C)c(Cl)c2)CCCN1B(C)O. The highest BCUT2D eigenvalue weighted by atomic mass is 35.5. The number of benzene rings is 1. The smallest absolute Gasteiger partial charge is 0.376 e. The van der Waals surface area contributed by atoms with E-state index in [4.69, 9.17) is 11.6 Å². The number of halogens is 1. The van der Waals surface area contributed by atoms with Crippen molar-refractivity contribution in [1.82, 2.24) is 4.81 Å². The number of nitrogens with zero attached hydrogens (tertiary/aromatic N) is 2. The van der Waals surface area contributed by atoms with Gasteiger partial charge in [-0.1, -0.05) is 76.7 Å². The molecular formula is C22H42BClN2O2Si2. The Morgan fingerprint density at radius 1 is 1.20 bits per heavy atom. The lowest BCUT2D eigenvalue weighted by Crippen LogP contribution is -2.59. The third-order valence-corrected chi connectivity index (χ3v) is 13.9. The summed E-state index contributed by atoms with van der Waals surface area (Å²) in [6.45, 7) is 19.0. The summed E-state index contributed by atoms with van der Waals surface area (Å²) in [6, 6.07) is 6.15. The van der Waals surface area contributed by atoms with Gasteiger partial charge >= 0.3 is 7.05 Å². The molecule has 0 aromatic heterocycles. The minimum Gasteiger partial charge on any atom is -0.437 e. The van der Waals surface area contributed by atoms with Crippen molar-refractivity contribution in [3.05, 3.63) is 28.8 Å². The average molecular weight is 469 g/mol. The van der Waals surface area contributed by atoms with E-state index in [9.17, 15) is 10.1 Å². The molecule has 1 saturated heterocycles. The fraction of sp³-hybridized carbons (Fsp3) is 0.727. The van der Waals surface area contributed by atoms with Gasteiger partial charge in [0.25, 0.3) is 0 Å². The van der Waals surface area contributed by atoms with Crippen LogP contribution in [0.25, 0.3) is 0 Å². The molecule has 0 aliphatic carbocycles. The Morgan fingerprint density at radius 2 is 1.80 bits per heavy atom. The Morgan fingerprint density at radius 3 is 2.27 bits per heavy atom. The van der Waals surface area contributed by atoms with E-state index >= 15 is 0 Å². The van der Waals surface area contributed by atoms with Crippen molar-refractivity contribution in [1.29, 1.82) is 0 Å². The number of hydrogen-bond donors (Lipinski definition) is 2. The van der Waals surface area contributed by atoms with E-state index in [1.54, 1.807) is 0 Å². The molecule has 2 rings (SSSR count). The molecule has 4 nitrogen and oxygen atoms in total. The molecule has 1 aromatic carbocycles. The van der Waals surface area contributed by atoms with E-state index in [2.05, 4.69) is 67.4 Å². The highest BCUT2D eigenvalue weighted by molar-refractivity contribution is 6.99. The van der Waals surface area contributed by atoms with Crippen LogP contribution in [0, 0.1) is 0 Å². The number of rotatable bonds is 9. The Hall–Kier alpha value is -0.311. The van der Waals surface area contributed by atoms with Gasteiger partial charge in [-0.15, -0.1) is 0 Å². The fourth-order valence-corrected chi connectivity index (χ4v) is 15.9. The van der Waals surface area contributed by atoms with Crippen LogP contribution in [0.2, 0.25) is 51.1 Å². The van der Waals surface area contributed by atoms with Gasteiger partial charge in [-0.25, -0.2) is 0 Å². The second-order valence-electron chi connectivity index (χ2n) is 10.9. The predicted molar refractivity (Wildman–Crippen MR) is 138 cm³/mol. The second kappa shape index (κ2) is 9.67. The quantitative estimate of drug-likeness (QED) is 0.437. The van der Waals surface area contributed by atoms with Crippen LogP contribution >= 0.6 is 11.6 Å². The highest BCUT2D eigenvalue weighted by Gasteiger charge is 2.49. The van der Waals surface area contributed by atoms with Crippen molar-refractivity contribution >= 4 is 40.8 Å². The summed E-state index contributed by atoms with van der Waals surface area (Å²) in [5.41, 5.74) is 1.54. The minimum atomic E-state index is -1.62. The molecule has 1 heterocycles. The zero-order valence-electron chi connectivity index (χ0n) is 20.3. The molecule has 0 radical (unpaired) electrons. The summed E-state index contributed by atoms with van der Waals surface area (Å²) >= 11 is 6.86. The van der Waals surface area contributed by atoms with E-state index in [0.717, 1.165) is 54.9 Å².